The first-order valence-electron chi connectivity index (χ1n) is 10.0. The van der Waals surface area contributed by atoms with Crippen molar-refractivity contribution in [3.05, 3.63) is 65.7 Å². The third kappa shape index (κ3) is 8.34. The van der Waals surface area contributed by atoms with Gasteiger partial charge in [0.05, 0.1) is 31.9 Å². The fourth-order valence-electron chi connectivity index (χ4n) is 2.58. The molecule has 0 heterocycles. The van der Waals surface area contributed by atoms with Gasteiger partial charge in [-0.15, -0.1) is 0 Å². The van der Waals surface area contributed by atoms with Crippen molar-refractivity contribution in [2.45, 2.75) is 33.2 Å². The Bertz CT molecular complexity index is 820. The molecule has 0 saturated carbocycles. The molecule has 160 valence electrons. The van der Waals surface area contributed by atoms with Crippen molar-refractivity contribution in [2.24, 2.45) is 11.0 Å². The predicted octanol–water partition coefficient (Wildman–Crippen LogP) is 4.05. The summed E-state index contributed by atoms with van der Waals surface area (Å²) in [4.78, 5) is 24.1. The van der Waals surface area contributed by atoms with E-state index in [0.717, 1.165) is 16.9 Å². The van der Waals surface area contributed by atoms with E-state index in [1.807, 2.05) is 54.6 Å². The fourth-order valence-corrected chi connectivity index (χ4v) is 2.58. The predicted molar refractivity (Wildman–Crippen MR) is 116 cm³/mol. The van der Waals surface area contributed by atoms with Gasteiger partial charge in [0.15, 0.2) is 0 Å². The smallest absolute Gasteiger partial charge is 0.407 e. The second kappa shape index (κ2) is 12.3. The maximum Gasteiger partial charge on any atom is 0.407 e. The minimum atomic E-state index is -0.567. The van der Waals surface area contributed by atoms with Crippen LogP contribution < -0.4 is 15.5 Å². The second-order valence-corrected chi connectivity index (χ2v) is 7.10. The van der Waals surface area contributed by atoms with Gasteiger partial charge in [-0.25, -0.2) is 10.2 Å². The highest BCUT2D eigenvalue weighted by atomic mass is 16.5. The van der Waals surface area contributed by atoms with Gasteiger partial charge in [-0.05, 0) is 48.2 Å². The minimum Gasteiger partial charge on any atom is -0.493 e. The summed E-state index contributed by atoms with van der Waals surface area (Å²) >= 11 is 0. The normalized spacial score (nSPS) is 11.9. The molecule has 0 saturated heterocycles. The Morgan fingerprint density at radius 3 is 2.40 bits per heavy atom. The van der Waals surface area contributed by atoms with Crippen molar-refractivity contribution in [1.29, 1.82) is 0 Å². The highest BCUT2D eigenvalue weighted by Crippen LogP contribution is 2.17. The standard InChI is InChI=1S/C23H29N3O4/c1-4-29-23(28)25-21(19-8-6-5-7-9-19)14-22(27)26-24-15-18-10-12-20(13-11-18)30-16-17(2)3/h5-13,15,17,21H,4,14,16H2,1-3H3,(H,25,28)(H,26,27)/b24-15-/t21-/m0/s1. The number of carbonyl (C=O) groups is 2. The summed E-state index contributed by atoms with van der Waals surface area (Å²) in [6.45, 7) is 6.82. The van der Waals surface area contributed by atoms with E-state index in [1.165, 1.54) is 0 Å². The van der Waals surface area contributed by atoms with Crippen molar-refractivity contribution >= 4 is 18.2 Å². The molecule has 30 heavy (non-hydrogen) atoms. The van der Waals surface area contributed by atoms with Gasteiger partial charge in [0, 0.05) is 0 Å². The number of carbonyl (C=O) groups excluding carboxylic acids is 2. The fraction of sp³-hybridized carbons (Fsp3) is 0.348. The SMILES string of the molecule is CCOC(=O)N[C@@H](CC(=O)N/N=C\c1ccc(OCC(C)C)cc1)c1ccccc1. The van der Waals surface area contributed by atoms with Crippen LogP contribution in [0.25, 0.3) is 0 Å². The lowest BCUT2D eigenvalue weighted by molar-refractivity contribution is -0.121. The van der Waals surface area contributed by atoms with Crippen LogP contribution in [0.15, 0.2) is 59.7 Å². The zero-order chi connectivity index (χ0) is 21.8. The number of hydrazone groups is 1. The molecule has 0 bridgehead atoms. The maximum atomic E-state index is 12.3. The van der Waals surface area contributed by atoms with Crippen LogP contribution in [0.3, 0.4) is 0 Å². The van der Waals surface area contributed by atoms with Crippen LogP contribution >= 0.6 is 0 Å². The van der Waals surface area contributed by atoms with Crippen LogP contribution in [0, 0.1) is 5.92 Å². The van der Waals surface area contributed by atoms with E-state index < -0.39 is 12.1 Å². The van der Waals surface area contributed by atoms with Gasteiger partial charge in [-0.1, -0.05) is 44.2 Å². The zero-order valence-electron chi connectivity index (χ0n) is 17.6. The number of hydrogen-bond acceptors (Lipinski definition) is 5. The van der Waals surface area contributed by atoms with Gasteiger partial charge < -0.3 is 14.8 Å². The highest BCUT2D eigenvalue weighted by molar-refractivity contribution is 5.83. The van der Waals surface area contributed by atoms with Crippen LogP contribution in [-0.2, 0) is 9.53 Å². The molecule has 7 nitrogen and oxygen atoms in total. The van der Waals surface area contributed by atoms with E-state index in [2.05, 4.69) is 29.7 Å². The maximum absolute atomic E-state index is 12.3. The second-order valence-electron chi connectivity index (χ2n) is 7.10. The monoisotopic (exact) mass is 411 g/mol. The molecule has 2 N–H and O–H groups in total. The number of hydrogen-bond donors (Lipinski definition) is 2. The molecule has 2 aromatic rings. The van der Waals surface area contributed by atoms with Gasteiger partial charge in [-0.3, -0.25) is 4.79 Å². The quantitative estimate of drug-likeness (QED) is 0.456. The van der Waals surface area contributed by atoms with E-state index >= 15 is 0 Å². The summed E-state index contributed by atoms with van der Waals surface area (Å²) in [6, 6.07) is 16.2. The third-order valence-corrected chi connectivity index (χ3v) is 4.03. The summed E-state index contributed by atoms with van der Waals surface area (Å²) in [5.74, 6) is 0.925. The van der Waals surface area contributed by atoms with Crippen LogP contribution in [0.5, 0.6) is 5.75 Å². The Morgan fingerprint density at radius 1 is 1.07 bits per heavy atom. The van der Waals surface area contributed by atoms with E-state index in [-0.39, 0.29) is 18.9 Å². The lowest BCUT2D eigenvalue weighted by Gasteiger charge is -2.18. The Kier molecular flexibility index (Phi) is 9.37. The number of amides is 2. The van der Waals surface area contributed by atoms with Crippen molar-refractivity contribution in [1.82, 2.24) is 10.7 Å². The largest absolute Gasteiger partial charge is 0.493 e. The van der Waals surface area contributed by atoms with Crippen LogP contribution in [0.1, 0.15) is 44.4 Å². The van der Waals surface area contributed by atoms with E-state index in [1.54, 1.807) is 13.1 Å². The Balaban J connectivity index is 1.90. The average Bonchev–Trinajstić information content (AvgIpc) is 2.73. The summed E-state index contributed by atoms with van der Waals surface area (Å²) in [5.41, 5.74) is 4.14. The molecule has 1 atom stereocenters. The molecular formula is C23H29N3O4. The first-order valence-corrected chi connectivity index (χ1v) is 10.0. The molecule has 0 aliphatic rings. The number of nitrogens with one attached hydrogen (secondary N) is 2. The molecule has 0 aromatic heterocycles. The van der Waals surface area contributed by atoms with Crippen LogP contribution in [-0.4, -0.2) is 31.4 Å². The summed E-state index contributed by atoms with van der Waals surface area (Å²) in [6.07, 6.45) is 1.02. The molecule has 2 aromatic carbocycles. The molecule has 0 aliphatic heterocycles. The van der Waals surface area contributed by atoms with Crippen molar-refractivity contribution in [3.8, 4) is 5.75 Å². The van der Waals surface area contributed by atoms with E-state index in [4.69, 9.17) is 9.47 Å². The van der Waals surface area contributed by atoms with Crippen LogP contribution in [0.2, 0.25) is 0 Å². The van der Waals surface area contributed by atoms with Crippen LogP contribution in [0.4, 0.5) is 4.79 Å². The van der Waals surface area contributed by atoms with E-state index in [0.29, 0.717) is 12.5 Å². The lowest BCUT2D eigenvalue weighted by atomic mass is 10.0. The van der Waals surface area contributed by atoms with Crippen molar-refractivity contribution < 1.29 is 19.1 Å². The molecule has 2 rings (SSSR count). The average molecular weight is 412 g/mol. The first-order chi connectivity index (χ1) is 14.5. The van der Waals surface area contributed by atoms with Crippen molar-refractivity contribution in [2.75, 3.05) is 13.2 Å². The third-order valence-electron chi connectivity index (χ3n) is 4.03. The highest BCUT2D eigenvalue weighted by Gasteiger charge is 2.18. The Hall–Kier alpha value is -3.35. The summed E-state index contributed by atoms with van der Waals surface area (Å²) in [5, 5.41) is 6.71. The molecule has 0 spiro atoms. The molecule has 7 heteroatoms. The number of nitrogens with zero attached hydrogens (tertiary/aromatic N) is 1. The van der Waals surface area contributed by atoms with Gasteiger partial charge >= 0.3 is 6.09 Å². The van der Waals surface area contributed by atoms with Gasteiger partial charge in [0.2, 0.25) is 5.91 Å². The van der Waals surface area contributed by atoms with Crippen molar-refractivity contribution in [3.63, 3.8) is 0 Å². The lowest BCUT2D eigenvalue weighted by Crippen LogP contribution is -2.33. The number of ether oxygens (including phenoxy) is 2. The molecular weight excluding hydrogens is 382 g/mol. The number of rotatable bonds is 10. The zero-order valence-corrected chi connectivity index (χ0v) is 17.6. The van der Waals surface area contributed by atoms with E-state index in [9.17, 15) is 9.59 Å². The first kappa shape index (κ1) is 22.9. The van der Waals surface area contributed by atoms with Gasteiger partial charge in [-0.2, -0.15) is 5.10 Å². The minimum absolute atomic E-state index is 0.0299. The Labute approximate surface area is 177 Å². The summed E-state index contributed by atoms with van der Waals surface area (Å²) < 4.78 is 10.6. The molecule has 0 aliphatic carbocycles. The molecule has 0 fully saturated rings. The molecule has 0 unspecified atom stereocenters. The van der Waals surface area contributed by atoms with Gasteiger partial charge in [0.1, 0.15) is 5.75 Å². The summed E-state index contributed by atoms with van der Waals surface area (Å²) in [7, 11) is 0. The topological polar surface area (TPSA) is 89.0 Å². The Morgan fingerprint density at radius 2 is 1.77 bits per heavy atom. The van der Waals surface area contributed by atoms with Gasteiger partial charge in [0.25, 0.3) is 0 Å². The number of benzene rings is 2. The molecule has 0 radical (unpaired) electrons. The molecule has 2 amide bonds. The number of alkyl carbamates (subject to hydrolysis) is 1.